The van der Waals surface area contributed by atoms with Gasteiger partial charge < -0.3 is 15.0 Å². The fourth-order valence-corrected chi connectivity index (χ4v) is 2.90. The Morgan fingerprint density at radius 1 is 1.33 bits per heavy atom. The zero-order valence-corrected chi connectivity index (χ0v) is 9.87. The minimum Gasteiger partial charge on any atom is -0.384 e. The summed E-state index contributed by atoms with van der Waals surface area (Å²) < 4.78 is 5.23. The summed E-state index contributed by atoms with van der Waals surface area (Å²) in [6, 6.07) is 0. The predicted octanol–water partition coefficient (Wildman–Crippen LogP) is 0.954. The van der Waals surface area contributed by atoms with Gasteiger partial charge >= 0.3 is 0 Å². The highest BCUT2D eigenvalue weighted by atomic mass is 16.5. The number of hydrogen-bond donors (Lipinski definition) is 1. The Bertz CT molecular complexity index is 180. The molecule has 15 heavy (non-hydrogen) atoms. The molecule has 0 amide bonds. The highest BCUT2D eigenvalue weighted by Gasteiger charge is 2.24. The monoisotopic (exact) mass is 212 g/mol. The minimum atomic E-state index is 0.784. The van der Waals surface area contributed by atoms with Crippen LogP contribution in [0.15, 0.2) is 0 Å². The summed E-state index contributed by atoms with van der Waals surface area (Å²) in [5.74, 6) is 1.67. The molecule has 1 N–H and O–H groups in total. The van der Waals surface area contributed by atoms with Gasteiger partial charge in [0.2, 0.25) is 0 Å². The summed E-state index contributed by atoms with van der Waals surface area (Å²) in [5, 5.41) is 3.49. The largest absolute Gasteiger partial charge is 0.384 e. The van der Waals surface area contributed by atoms with Crippen LogP contribution in [0.1, 0.15) is 19.3 Å². The molecule has 2 unspecified atom stereocenters. The van der Waals surface area contributed by atoms with Crippen molar-refractivity contribution >= 4 is 0 Å². The fourth-order valence-electron chi connectivity index (χ4n) is 2.90. The normalized spacial score (nSPS) is 33.4. The van der Waals surface area contributed by atoms with E-state index < -0.39 is 0 Å². The maximum atomic E-state index is 5.23. The topological polar surface area (TPSA) is 24.5 Å². The number of rotatable bonds is 4. The zero-order chi connectivity index (χ0) is 10.5. The molecular formula is C12H24N2O. The molecule has 0 aliphatic carbocycles. The van der Waals surface area contributed by atoms with Crippen LogP contribution in [-0.2, 0) is 4.74 Å². The minimum absolute atomic E-state index is 0.784. The fraction of sp³-hybridized carbons (Fsp3) is 1.00. The number of hydrogen-bond acceptors (Lipinski definition) is 3. The third-order valence-electron chi connectivity index (χ3n) is 3.69. The van der Waals surface area contributed by atoms with E-state index in [9.17, 15) is 0 Å². The number of nitrogens with zero attached hydrogens (tertiary/aromatic N) is 1. The van der Waals surface area contributed by atoms with Gasteiger partial charge in [0.15, 0.2) is 0 Å². The van der Waals surface area contributed by atoms with E-state index in [0.29, 0.717) is 0 Å². The van der Waals surface area contributed by atoms with Gasteiger partial charge in [-0.05, 0) is 50.7 Å². The first kappa shape index (κ1) is 11.4. The average Bonchev–Trinajstić information content (AvgIpc) is 2.68. The van der Waals surface area contributed by atoms with Crippen LogP contribution in [-0.4, -0.2) is 51.3 Å². The van der Waals surface area contributed by atoms with Crippen molar-refractivity contribution in [2.75, 3.05) is 46.4 Å². The van der Waals surface area contributed by atoms with Crippen LogP contribution in [0.5, 0.6) is 0 Å². The Balaban J connectivity index is 1.67. The summed E-state index contributed by atoms with van der Waals surface area (Å²) in [6.45, 7) is 7.23. The Morgan fingerprint density at radius 2 is 2.27 bits per heavy atom. The molecule has 3 nitrogen and oxygen atoms in total. The van der Waals surface area contributed by atoms with Crippen LogP contribution in [0, 0.1) is 11.8 Å². The lowest BCUT2D eigenvalue weighted by atomic mass is 9.99. The second kappa shape index (κ2) is 5.83. The predicted molar refractivity (Wildman–Crippen MR) is 62.0 cm³/mol. The number of nitrogens with one attached hydrogen (secondary N) is 1. The lowest BCUT2D eigenvalue weighted by Crippen LogP contribution is -2.37. The third-order valence-corrected chi connectivity index (χ3v) is 3.69. The summed E-state index contributed by atoms with van der Waals surface area (Å²) in [7, 11) is 1.81. The molecule has 3 heteroatoms. The molecule has 2 atom stereocenters. The average molecular weight is 212 g/mol. The molecule has 2 aliphatic heterocycles. The summed E-state index contributed by atoms with van der Waals surface area (Å²) in [5.41, 5.74) is 0. The molecule has 2 fully saturated rings. The second-order valence-electron chi connectivity index (χ2n) is 5.08. The summed E-state index contributed by atoms with van der Waals surface area (Å²) in [4.78, 5) is 2.63. The van der Waals surface area contributed by atoms with Crippen molar-refractivity contribution in [3.05, 3.63) is 0 Å². The molecule has 88 valence electrons. The van der Waals surface area contributed by atoms with Crippen molar-refractivity contribution in [2.45, 2.75) is 19.3 Å². The maximum Gasteiger partial charge on any atom is 0.0503 e. The number of piperidine rings is 1. The molecule has 0 aromatic rings. The number of likely N-dealkylation sites (tertiary alicyclic amines) is 1. The quantitative estimate of drug-likeness (QED) is 0.751. The van der Waals surface area contributed by atoms with Gasteiger partial charge in [0.05, 0.1) is 6.61 Å². The first-order chi connectivity index (χ1) is 7.38. The molecular weight excluding hydrogens is 188 g/mol. The lowest BCUT2D eigenvalue weighted by molar-refractivity contribution is 0.150. The molecule has 2 rings (SSSR count). The SMILES string of the molecule is COCC1CCN(CC2CCCNC2)C1. The van der Waals surface area contributed by atoms with Crippen LogP contribution in [0.4, 0.5) is 0 Å². The molecule has 2 saturated heterocycles. The van der Waals surface area contributed by atoms with Gasteiger partial charge in [0, 0.05) is 20.2 Å². The Labute approximate surface area is 93.2 Å². The molecule has 0 aromatic heterocycles. The Morgan fingerprint density at radius 3 is 3.00 bits per heavy atom. The van der Waals surface area contributed by atoms with E-state index in [1.807, 2.05) is 7.11 Å². The van der Waals surface area contributed by atoms with Gasteiger partial charge in [-0.2, -0.15) is 0 Å². The van der Waals surface area contributed by atoms with Crippen LogP contribution < -0.4 is 5.32 Å². The summed E-state index contributed by atoms with van der Waals surface area (Å²) >= 11 is 0. The van der Waals surface area contributed by atoms with Crippen LogP contribution in [0.3, 0.4) is 0 Å². The molecule has 0 saturated carbocycles. The maximum absolute atomic E-state index is 5.23. The first-order valence-corrected chi connectivity index (χ1v) is 6.30. The van der Waals surface area contributed by atoms with E-state index in [4.69, 9.17) is 4.74 Å². The van der Waals surface area contributed by atoms with E-state index >= 15 is 0 Å². The number of ether oxygens (including phenoxy) is 1. The molecule has 0 spiro atoms. The molecule has 2 heterocycles. The van der Waals surface area contributed by atoms with Crippen molar-refractivity contribution < 1.29 is 4.74 Å². The van der Waals surface area contributed by atoms with Crippen molar-refractivity contribution in [3.8, 4) is 0 Å². The lowest BCUT2D eigenvalue weighted by Gasteiger charge is -2.27. The van der Waals surface area contributed by atoms with Crippen molar-refractivity contribution in [2.24, 2.45) is 11.8 Å². The van der Waals surface area contributed by atoms with E-state index in [-0.39, 0.29) is 0 Å². The van der Waals surface area contributed by atoms with Gasteiger partial charge in [-0.15, -0.1) is 0 Å². The van der Waals surface area contributed by atoms with Gasteiger partial charge in [0.25, 0.3) is 0 Å². The molecule has 0 radical (unpaired) electrons. The van der Waals surface area contributed by atoms with E-state index in [1.165, 1.54) is 52.0 Å². The van der Waals surface area contributed by atoms with Crippen LogP contribution >= 0.6 is 0 Å². The zero-order valence-electron chi connectivity index (χ0n) is 9.87. The standard InChI is InChI=1S/C12H24N2O/c1-15-10-12-4-6-14(9-12)8-11-3-2-5-13-7-11/h11-13H,2-10H2,1H3. The van der Waals surface area contributed by atoms with Gasteiger partial charge in [-0.25, -0.2) is 0 Å². The van der Waals surface area contributed by atoms with Crippen LogP contribution in [0.2, 0.25) is 0 Å². The summed E-state index contributed by atoms with van der Waals surface area (Å²) in [6.07, 6.45) is 4.10. The van der Waals surface area contributed by atoms with Gasteiger partial charge in [-0.1, -0.05) is 0 Å². The van der Waals surface area contributed by atoms with E-state index in [1.54, 1.807) is 0 Å². The first-order valence-electron chi connectivity index (χ1n) is 6.30. The van der Waals surface area contributed by atoms with Crippen molar-refractivity contribution in [1.29, 1.82) is 0 Å². The van der Waals surface area contributed by atoms with Crippen molar-refractivity contribution in [3.63, 3.8) is 0 Å². The highest BCUT2D eigenvalue weighted by Crippen LogP contribution is 2.19. The molecule has 2 aliphatic rings. The third kappa shape index (κ3) is 3.44. The number of methoxy groups -OCH3 is 1. The smallest absolute Gasteiger partial charge is 0.0503 e. The Hall–Kier alpha value is -0.120. The second-order valence-corrected chi connectivity index (χ2v) is 5.08. The van der Waals surface area contributed by atoms with E-state index in [2.05, 4.69) is 10.2 Å². The van der Waals surface area contributed by atoms with E-state index in [0.717, 1.165) is 18.4 Å². The van der Waals surface area contributed by atoms with Gasteiger partial charge in [-0.3, -0.25) is 0 Å². The van der Waals surface area contributed by atoms with Crippen LogP contribution in [0.25, 0.3) is 0 Å². The highest BCUT2D eigenvalue weighted by molar-refractivity contribution is 4.79. The Kier molecular flexibility index (Phi) is 4.42. The molecule has 0 bridgehead atoms. The molecule has 0 aromatic carbocycles. The van der Waals surface area contributed by atoms with Gasteiger partial charge in [0.1, 0.15) is 0 Å². The van der Waals surface area contributed by atoms with Crippen molar-refractivity contribution in [1.82, 2.24) is 10.2 Å².